The molecular weight excluding hydrogens is 320 g/mol. The van der Waals surface area contributed by atoms with E-state index in [-0.39, 0.29) is 12.0 Å². The monoisotopic (exact) mass is 348 g/mol. The van der Waals surface area contributed by atoms with Gasteiger partial charge in [0.25, 0.3) is 5.91 Å². The third-order valence-corrected chi connectivity index (χ3v) is 5.10. The molecular formula is C18H28N4O3. The summed E-state index contributed by atoms with van der Waals surface area (Å²) in [5, 5.41) is 0. The highest BCUT2D eigenvalue weighted by atomic mass is 16.6. The van der Waals surface area contributed by atoms with Crippen LogP contribution in [0.2, 0.25) is 0 Å². The van der Waals surface area contributed by atoms with Gasteiger partial charge in [0.1, 0.15) is 5.69 Å². The lowest BCUT2D eigenvalue weighted by Crippen LogP contribution is -2.56. The Morgan fingerprint density at radius 3 is 2.60 bits per heavy atom. The van der Waals surface area contributed by atoms with E-state index >= 15 is 0 Å². The Labute approximate surface area is 148 Å². The number of rotatable bonds is 3. The van der Waals surface area contributed by atoms with Crippen molar-refractivity contribution < 1.29 is 14.3 Å². The molecule has 0 unspecified atom stereocenters. The highest BCUT2D eigenvalue weighted by Gasteiger charge is 2.31. The molecule has 0 saturated carbocycles. The van der Waals surface area contributed by atoms with Gasteiger partial charge >= 0.3 is 6.09 Å². The van der Waals surface area contributed by atoms with E-state index in [0.29, 0.717) is 31.4 Å². The van der Waals surface area contributed by atoms with Crippen LogP contribution in [0, 0.1) is 6.92 Å². The minimum absolute atomic E-state index is 0.0861. The number of carbonyl (C=O) groups is 2. The van der Waals surface area contributed by atoms with Crippen LogP contribution < -0.4 is 0 Å². The molecule has 1 atom stereocenters. The van der Waals surface area contributed by atoms with Gasteiger partial charge in [-0.3, -0.25) is 9.69 Å². The summed E-state index contributed by atoms with van der Waals surface area (Å²) < 4.78 is 5.07. The molecule has 1 aromatic heterocycles. The van der Waals surface area contributed by atoms with E-state index in [0.717, 1.165) is 44.6 Å². The van der Waals surface area contributed by atoms with Crippen LogP contribution in [0.3, 0.4) is 0 Å². The number of nitrogens with zero attached hydrogens (tertiary/aromatic N) is 3. The zero-order valence-electron chi connectivity index (χ0n) is 15.2. The Hall–Kier alpha value is -2.02. The number of nitrogens with one attached hydrogen (secondary N) is 1. The minimum Gasteiger partial charge on any atom is -0.450 e. The van der Waals surface area contributed by atoms with Crippen molar-refractivity contribution >= 4 is 12.0 Å². The highest BCUT2D eigenvalue weighted by Crippen LogP contribution is 2.20. The van der Waals surface area contributed by atoms with Crippen LogP contribution in [-0.2, 0) is 4.74 Å². The Morgan fingerprint density at radius 2 is 1.96 bits per heavy atom. The van der Waals surface area contributed by atoms with Crippen molar-refractivity contribution in [2.24, 2.45) is 0 Å². The molecule has 0 bridgehead atoms. The number of piperidine rings is 1. The van der Waals surface area contributed by atoms with Gasteiger partial charge in [-0.2, -0.15) is 0 Å². The van der Waals surface area contributed by atoms with E-state index in [1.54, 1.807) is 4.90 Å². The third-order valence-electron chi connectivity index (χ3n) is 5.10. The number of amides is 2. The fourth-order valence-corrected chi connectivity index (χ4v) is 3.72. The Balaban J connectivity index is 1.54. The molecule has 2 saturated heterocycles. The van der Waals surface area contributed by atoms with Crippen LogP contribution in [0.15, 0.2) is 12.3 Å². The van der Waals surface area contributed by atoms with Gasteiger partial charge in [-0.1, -0.05) is 0 Å². The van der Waals surface area contributed by atoms with Gasteiger partial charge in [0.2, 0.25) is 0 Å². The number of hydrogen-bond donors (Lipinski definition) is 1. The number of aryl methyl sites for hydroxylation is 1. The first kappa shape index (κ1) is 17.8. The number of ether oxygens (including phenoxy) is 1. The van der Waals surface area contributed by atoms with Crippen LogP contribution in [0.5, 0.6) is 0 Å². The molecule has 2 aliphatic heterocycles. The number of carbonyl (C=O) groups excluding carboxylic acids is 2. The zero-order chi connectivity index (χ0) is 17.8. The first-order chi connectivity index (χ1) is 12.1. The fourth-order valence-electron chi connectivity index (χ4n) is 3.72. The van der Waals surface area contributed by atoms with Gasteiger partial charge in [-0.25, -0.2) is 4.79 Å². The normalized spacial score (nSPS) is 22.1. The Kier molecular flexibility index (Phi) is 5.63. The maximum Gasteiger partial charge on any atom is 0.409 e. The molecule has 7 nitrogen and oxygen atoms in total. The lowest BCUT2D eigenvalue weighted by molar-refractivity contribution is 0.0375. The van der Waals surface area contributed by atoms with Gasteiger partial charge in [-0.15, -0.1) is 0 Å². The summed E-state index contributed by atoms with van der Waals surface area (Å²) in [6.07, 6.45) is 3.77. The third kappa shape index (κ3) is 4.15. The van der Waals surface area contributed by atoms with Crippen molar-refractivity contribution in [3.05, 3.63) is 23.5 Å². The smallest absolute Gasteiger partial charge is 0.409 e. The van der Waals surface area contributed by atoms with Crippen molar-refractivity contribution in [2.75, 3.05) is 45.9 Å². The van der Waals surface area contributed by atoms with Crippen molar-refractivity contribution in [3.8, 4) is 0 Å². The van der Waals surface area contributed by atoms with E-state index in [4.69, 9.17) is 4.74 Å². The summed E-state index contributed by atoms with van der Waals surface area (Å²) in [4.78, 5) is 33.7. The highest BCUT2D eigenvalue weighted by molar-refractivity contribution is 5.92. The van der Waals surface area contributed by atoms with Crippen LogP contribution in [0.4, 0.5) is 4.79 Å². The van der Waals surface area contributed by atoms with Crippen LogP contribution in [0.25, 0.3) is 0 Å². The van der Waals surface area contributed by atoms with Crippen LogP contribution in [0.1, 0.15) is 35.8 Å². The lowest BCUT2D eigenvalue weighted by Gasteiger charge is -2.43. The molecule has 0 spiro atoms. The van der Waals surface area contributed by atoms with E-state index in [2.05, 4.69) is 9.88 Å². The molecule has 2 amide bonds. The Morgan fingerprint density at radius 1 is 1.20 bits per heavy atom. The molecule has 3 heterocycles. The molecule has 25 heavy (non-hydrogen) atoms. The molecule has 2 aliphatic rings. The van der Waals surface area contributed by atoms with Gasteiger partial charge in [0, 0.05) is 51.5 Å². The van der Waals surface area contributed by atoms with Gasteiger partial charge in [-0.05, 0) is 38.3 Å². The molecule has 7 heteroatoms. The molecule has 138 valence electrons. The summed E-state index contributed by atoms with van der Waals surface area (Å²) in [6, 6.07) is 2.28. The summed E-state index contributed by atoms with van der Waals surface area (Å²) in [7, 11) is 0. The van der Waals surface area contributed by atoms with Crippen LogP contribution >= 0.6 is 0 Å². The SMILES string of the molecule is CCOC(=O)N1CCN([C@@H]2CCCN(C(=O)c3cc(C)c[nH]3)C2)CC1. The van der Waals surface area contributed by atoms with E-state index in [1.165, 1.54) is 0 Å². The first-order valence-electron chi connectivity index (χ1n) is 9.18. The summed E-state index contributed by atoms with van der Waals surface area (Å²) in [5.41, 5.74) is 1.75. The van der Waals surface area contributed by atoms with Crippen LogP contribution in [-0.4, -0.2) is 83.6 Å². The predicted octanol–water partition coefficient (Wildman–Crippen LogP) is 1.70. The summed E-state index contributed by atoms with van der Waals surface area (Å²) >= 11 is 0. The van der Waals surface area contributed by atoms with Crippen molar-refractivity contribution in [3.63, 3.8) is 0 Å². The zero-order valence-corrected chi connectivity index (χ0v) is 15.2. The second-order valence-corrected chi connectivity index (χ2v) is 6.86. The molecule has 1 N–H and O–H groups in total. The summed E-state index contributed by atoms with van der Waals surface area (Å²) in [5.74, 6) is 0.0861. The number of H-pyrrole nitrogens is 1. The molecule has 2 fully saturated rings. The molecule has 0 aromatic carbocycles. The van der Waals surface area contributed by atoms with Crippen molar-refractivity contribution in [1.29, 1.82) is 0 Å². The fraction of sp³-hybridized carbons (Fsp3) is 0.667. The second-order valence-electron chi connectivity index (χ2n) is 6.86. The van der Waals surface area contributed by atoms with E-state index < -0.39 is 0 Å². The van der Waals surface area contributed by atoms with Gasteiger partial charge in [0.05, 0.1) is 6.61 Å². The van der Waals surface area contributed by atoms with Gasteiger partial charge in [0.15, 0.2) is 0 Å². The molecule has 1 aromatic rings. The maximum atomic E-state index is 12.7. The minimum atomic E-state index is -0.218. The maximum absolute atomic E-state index is 12.7. The standard InChI is InChI=1S/C18H28N4O3/c1-3-25-18(24)21-9-7-20(8-10-21)15-5-4-6-22(13-15)17(23)16-11-14(2)12-19-16/h11-12,15,19H,3-10,13H2,1-2H3/t15-/m1/s1. The molecule has 0 radical (unpaired) electrons. The quantitative estimate of drug-likeness (QED) is 0.903. The lowest BCUT2D eigenvalue weighted by atomic mass is 10.0. The topological polar surface area (TPSA) is 68.9 Å². The first-order valence-corrected chi connectivity index (χ1v) is 9.18. The number of hydrogen-bond acceptors (Lipinski definition) is 4. The number of aromatic amines is 1. The van der Waals surface area contributed by atoms with E-state index in [1.807, 2.05) is 31.0 Å². The van der Waals surface area contributed by atoms with Crippen molar-refractivity contribution in [1.82, 2.24) is 19.7 Å². The average Bonchev–Trinajstić information content (AvgIpc) is 3.08. The predicted molar refractivity (Wildman–Crippen MR) is 94.6 cm³/mol. The summed E-state index contributed by atoms with van der Waals surface area (Å²) in [6.45, 7) is 8.87. The van der Waals surface area contributed by atoms with E-state index in [9.17, 15) is 9.59 Å². The number of piperazine rings is 1. The largest absolute Gasteiger partial charge is 0.450 e. The number of likely N-dealkylation sites (tertiary alicyclic amines) is 1. The van der Waals surface area contributed by atoms with Gasteiger partial charge < -0.3 is 19.5 Å². The molecule has 3 rings (SSSR count). The number of aromatic nitrogens is 1. The van der Waals surface area contributed by atoms with Crippen molar-refractivity contribution in [2.45, 2.75) is 32.7 Å². The second kappa shape index (κ2) is 7.91. The Bertz CT molecular complexity index is 607. The molecule has 0 aliphatic carbocycles. The average molecular weight is 348 g/mol.